The summed E-state index contributed by atoms with van der Waals surface area (Å²) in [6, 6.07) is 0. The van der Waals surface area contributed by atoms with E-state index in [1.165, 1.54) is 32.1 Å². The van der Waals surface area contributed by atoms with Gasteiger partial charge >= 0.3 is 0 Å². The summed E-state index contributed by atoms with van der Waals surface area (Å²) < 4.78 is 0. The Balaban J connectivity index is 2.31. The van der Waals surface area contributed by atoms with Gasteiger partial charge in [0.2, 0.25) is 0 Å². The van der Waals surface area contributed by atoms with E-state index in [1.54, 1.807) is 0 Å². The monoisotopic (exact) mass is 174 g/mol. The van der Waals surface area contributed by atoms with Crippen molar-refractivity contribution >= 4 is 11.6 Å². The second-order valence-corrected chi connectivity index (χ2v) is 4.43. The number of unbranched alkanes of at least 4 members (excludes halogenated alkanes) is 1. The van der Waals surface area contributed by atoms with E-state index in [-0.39, 0.29) is 0 Å². The zero-order chi connectivity index (χ0) is 8.32. The van der Waals surface area contributed by atoms with E-state index in [9.17, 15) is 0 Å². The Kier molecular flexibility index (Phi) is 3.24. The summed E-state index contributed by atoms with van der Waals surface area (Å²) in [4.78, 5) is 0. The first-order valence-electron chi connectivity index (χ1n) is 4.79. The molecule has 0 heterocycles. The first-order valence-corrected chi connectivity index (χ1v) is 5.32. The van der Waals surface area contributed by atoms with E-state index in [0.29, 0.717) is 5.41 Å². The normalized spacial score (nSPS) is 23.2. The number of rotatable bonds is 5. The molecule has 1 heteroatoms. The molecule has 0 saturated heterocycles. The van der Waals surface area contributed by atoms with Gasteiger partial charge in [-0.15, -0.1) is 11.6 Å². The summed E-state index contributed by atoms with van der Waals surface area (Å²) >= 11 is 5.98. The van der Waals surface area contributed by atoms with Crippen molar-refractivity contribution < 1.29 is 0 Å². The third-order valence-electron chi connectivity index (χ3n) is 2.97. The highest BCUT2D eigenvalue weighted by Crippen LogP contribution is 2.48. The average Bonchev–Trinajstić information content (AvgIpc) is 2.82. The maximum atomic E-state index is 5.98. The molecule has 0 aromatic rings. The Morgan fingerprint density at radius 2 is 2.09 bits per heavy atom. The maximum Gasteiger partial charge on any atom is 0.0280 e. The molecule has 0 aliphatic heterocycles. The van der Waals surface area contributed by atoms with Crippen molar-refractivity contribution in [3.05, 3.63) is 0 Å². The maximum absolute atomic E-state index is 5.98. The quantitative estimate of drug-likeness (QED) is 0.556. The Hall–Kier alpha value is 0.290. The third-order valence-corrected chi connectivity index (χ3v) is 3.58. The van der Waals surface area contributed by atoms with Gasteiger partial charge in [0.15, 0.2) is 0 Å². The van der Waals surface area contributed by atoms with Crippen LogP contribution in [0.25, 0.3) is 0 Å². The van der Waals surface area contributed by atoms with Gasteiger partial charge in [-0.25, -0.2) is 0 Å². The van der Waals surface area contributed by atoms with E-state index in [0.717, 1.165) is 11.8 Å². The van der Waals surface area contributed by atoms with Crippen LogP contribution >= 0.6 is 11.6 Å². The summed E-state index contributed by atoms with van der Waals surface area (Å²) in [5.41, 5.74) is 0.470. The molecule has 1 aliphatic carbocycles. The lowest BCUT2D eigenvalue weighted by Gasteiger charge is -2.26. The number of hydrogen-bond donors (Lipinski definition) is 0. The van der Waals surface area contributed by atoms with Gasteiger partial charge in [-0.2, -0.15) is 0 Å². The van der Waals surface area contributed by atoms with Crippen LogP contribution in [0.2, 0.25) is 0 Å². The van der Waals surface area contributed by atoms with Crippen molar-refractivity contribution in [1.82, 2.24) is 0 Å². The molecule has 1 aliphatic rings. The standard InChI is InChI=1S/C10H19Cl/c1-3-4-7-10(2,8-11)9-5-6-9/h9H,3-8H2,1-2H3. The Labute approximate surface area is 75.3 Å². The van der Waals surface area contributed by atoms with E-state index in [4.69, 9.17) is 11.6 Å². The fourth-order valence-electron chi connectivity index (χ4n) is 1.74. The largest absolute Gasteiger partial charge is 0.126 e. The van der Waals surface area contributed by atoms with Crippen molar-refractivity contribution in [2.24, 2.45) is 11.3 Å². The lowest BCUT2D eigenvalue weighted by Crippen LogP contribution is -2.20. The van der Waals surface area contributed by atoms with Gasteiger partial charge in [-0.1, -0.05) is 26.7 Å². The molecule has 0 amide bonds. The van der Waals surface area contributed by atoms with Crippen LogP contribution in [-0.2, 0) is 0 Å². The van der Waals surface area contributed by atoms with Gasteiger partial charge in [-0.3, -0.25) is 0 Å². The molecular weight excluding hydrogens is 156 g/mol. The molecule has 0 N–H and O–H groups in total. The fraction of sp³-hybridized carbons (Fsp3) is 1.00. The minimum absolute atomic E-state index is 0.470. The smallest absolute Gasteiger partial charge is 0.0280 e. The predicted molar refractivity (Wildman–Crippen MR) is 51.1 cm³/mol. The minimum Gasteiger partial charge on any atom is -0.126 e. The van der Waals surface area contributed by atoms with Crippen LogP contribution in [0.3, 0.4) is 0 Å². The number of halogens is 1. The van der Waals surface area contributed by atoms with Gasteiger partial charge in [0.25, 0.3) is 0 Å². The van der Waals surface area contributed by atoms with Gasteiger partial charge in [-0.05, 0) is 30.6 Å². The summed E-state index contributed by atoms with van der Waals surface area (Å²) in [6.07, 6.45) is 6.83. The molecule has 0 spiro atoms. The van der Waals surface area contributed by atoms with Gasteiger partial charge in [0.05, 0.1) is 0 Å². The molecule has 0 radical (unpaired) electrons. The van der Waals surface area contributed by atoms with Crippen molar-refractivity contribution in [3.63, 3.8) is 0 Å². The topological polar surface area (TPSA) is 0 Å². The molecule has 1 fully saturated rings. The summed E-state index contributed by atoms with van der Waals surface area (Å²) in [5, 5.41) is 0. The van der Waals surface area contributed by atoms with Crippen molar-refractivity contribution in [3.8, 4) is 0 Å². The molecule has 0 aromatic heterocycles. The highest BCUT2D eigenvalue weighted by molar-refractivity contribution is 6.18. The Bertz CT molecular complexity index is 118. The summed E-state index contributed by atoms with van der Waals surface area (Å²) in [6.45, 7) is 4.61. The van der Waals surface area contributed by atoms with E-state index < -0.39 is 0 Å². The molecule has 0 nitrogen and oxygen atoms in total. The van der Waals surface area contributed by atoms with E-state index >= 15 is 0 Å². The lowest BCUT2D eigenvalue weighted by molar-refractivity contribution is 0.280. The van der Waals surface area contributed by atoms with Crippen LogP contribution < -0.4 is 0 Å². The Morgan fingerprint density at radius 1 is 1.45 bits per heavy atom. The molecule has 11 heavy (non-hydrogen) atoms. The zero-order valence-corrected chi connectivity index (χ0v) is 8.45. The Morgan fingerprint density at radius 3 is 2.45 bits per heavy atom. The van der Waals surface area contributed by atoms with Crippen LogP contribution in [0, 0.1) is 11.3 Å². The highest BCUT2D eigenvalue weighted by atomic mass is 35.5. The van der Waals surface area contributed by atoms with Crippen LogP contribution in [-0.4, -0.2) is 5.88 Å². The number of hydrogen-bond acceptors (Lipinski definition) is 0. The van der Waals surface area contributed by atoms with Crippen LogP contribution in [0.15, 0.2) is 0 Å². The highest BCUT2D eigenvalue weighted by Gasteiger charge is 2.39. The second-order valence-electron chi connectivity index (χ2n) is 4.17. The van der Waals surface area contributed by atoms with Gasteiger partial charge in [0.1, 0.15) is 0 Å². The van der Waals surface area contributed by atoms with Crippen molar-refractivity contribution in [2.45, 2.75) is 46.0 Å². The van der Waals surface area contributed by atoms with Crippen molar-refractivity contribution in [1.29, 1.82) is 0 Å². The second kappa shape index (κ2) is 3.80. The minimum atomic E-state index is 0.470. The first kappa shape index (κ1) is 9.38. The summed E-state index contributed by atoms with van der Waals surface area (Å²) in [5.74, 6) is 1.81. The van der Waals surface area contributed by atoms with E-state index in [1.807, 2.05) is 0 Å². The molecule has 0 aromatic carbocycles. The third kappa shape index (κ3) is 2.37. The van der Waals surface area contributed by atoms with Gasteiger partial charge in [0, 0.05) is 5.88 Å². The van der Waals surface area contributed by atoms with Crippen LogP contribution in [0.1, 0.15) is 46.0 Å². The molecule has 66 valence electrons. The van der Waals surface area contributed by atoms with E-state index in [2.05, 4.69) is 13.8 Å². The zero-order valence-electron chi connectivity index (χ0n) is 7.70. The molecule has 1 unspecified atom stereocenters. The molecule has 1 atom stereocenters. The average molecular weight is 175 g/mol. The predicted octanol–water partition coefficient (Wildman–Crippen LogP) is 3.83. The fourth-order valence-corrected chi connectivity index (χ4v) is 2.09. The number of alkyl halides is 1. The molecular formula is C10H19Cl. The molecule has 1 rings (SSSR count). The SMILES string of the molecule is CCCCC(C)(CCl)C1CC1. The van der Waals surface area contributed by atoms with Crippen LogP contribution in [0.5, 0.6) is 0 Å². The summed E-state index contributed by atoms with van der Waals surface area (Å²) in [7, 11) is 0. The van der Waals surface area contributed by atoms with Gasteiger partial charge < -0.3 is 0 Å². The van der Waals surface area contributed by atoms with Crippen LogP contribution in [0.4, 0.5) is 0 Å². The lowest BCUT2D eigenvalue weighted by atomic mass is 9.82. The first-order chi connectivity index (χ1) is 5.23. The van der Waals surface area contributed by atoms with Crippen molar-refractivity contribution in [2.75, 3.05) is 5.88 Å². The molecule has 1 saturated carbocycles. The molecule has 0 bridgehead atoms.